The van der Waals surface area contributed by atoms with Gasteiger partial charge in [-0.3, -0.25) is 9.35 Å². The topological polar surface area (TPSA) is 95.8 Å². The fraction of sp³-hybridized carbons (Fsp3) is 0.333. The number of nitrogens with zero attached hydrogens (tertiary/aromatic N) is 2. The largest absolute Gasteiger partial charge is 0.323 e. The Kier molecular flexibility index (Phi) is 4.98. The predicted octanol–water partition coefficient (Wildman–Crippen LogP) is 0.0896. The average molecular weight is 300 g/mol. The van der Waals surface area contributed by atoms with Crippen LogP contribution in [0.3, 0.4) is 0 Å². The minimum Gasteiger partial charge on any atom is -0.323 e. The lowest BCUT2D eigenvalue weighted by Gasteiger charge is -2.21. The van der Waals surface area contributed by atoms with Gasteiger partial charge < -0.3 is 4.48 Å². The van der Waals surface area contributed by atoms with E-state index in [0.717, 1.165) is 0 Å². The van der Waals surface area contributed by atoms with Crippen LogP contribution in [0, 0.1) is 0 Å². The van der Waals surface area contributed by atoms with Gasteiger partial charge in [0, 0.05) is 5.56 Å². The van der Waals surface area contributed by atoms with Crippen LogP contribution in [0.4, 0.5) is 0 Å². The van der Waals surface area contributed by atoms with Crippen LogP contribution in [-0.2, 0) is 14.9 Å². The lowest BCUT2D eigenvalue weighted by atomic mass is 10.2. The number of likely N-dealkylation sites (N-methyl/N-ethyl adjacent to an activating group) is 1. The second-order valence-electron chi connectivity index (χ2n) is 5.25. The summed E-state index contributed by atoms with van der Waals surface area (Å²) in [6, 6.07) is 5.81. The highest BCUT2D eigenvalue weighted by Gasteiger charge is 2.14. The Labute approximate surface area is 118 Å². The zero-order valence-electron chi connectivity index (χ0n) is 11.6. The molecule has 0 aliphatic carbocycles. The second kappa shape index (κ2) is 6.12. The van der Waals surface area contributed by atoms with Crippen LogP contribution in [0.2, 0.25) is 0 Å². The quantitative estimate of drug-likeness (QED) is 0.349. The van der Waals surface area contributed by atoms with Gasteiger partial charge in [-0.15, -0.1) is 0 Å². The van der Waals surface area contributed by atoms with E-state index in [-0.39, 0.29) is 22.9 Å². The van der Waals surface area contributed by atoms with Crippen LogP contribution in [0.15, 0.2) is 34.3 Å². The molecular formula is C12H18N3O4S+. The molecule has 0 aromatic heterocycles. The van der Waals surface area contributed by atoms with Gasteiger partial charge in [-0.1, -0.05) is 18.2 Å². The third kappa shape index (κ3) is 5.47. The molecule has 0 heterocycles. The van der Waals surface area contributed by atoms with Crippen molar-refractivity contribution in [1.82, 2.24) is 5.43 Å². The minimum absolute atomic E-state index is 0.195. The fourth-order valence-electron chi connectivity index (χ4n) is 1.46. The van der Waals surface area contributed by atoms with E-state index in [4.69, 9.17) is 4.55 Å². The van der Waals surface area contributed by atoms with Crippen molar-refractivity contribution < 1.29 is 22.2 Å². The van der Waals surface area contributed by atoms with E-state index in [0.29, 0.717) is 4.48 Å². The maximum Gasteiger partial charge on any atom is 0.295 e. The number of rotatable bonds is 5. The lowest BCUT2D eigenvalue weighted by molar-refractivity contribution is -0.862. The molecule has 1 aromatic carbocycles. The molecule has 0 radical (unpaired) electrons. The van der Waals surface area contributed by atoms with Gasteiger partial charge in [-0.05, 0) is 6.07 Å². The summed E-state index contributed by atoms with van der Waals surface area (Å²) in [6.45, 7) is 0.233. The first-order chi connectivity index (χ1) is 9.09. The van der Waals surface area contributed by atoms with E-state index >= 15 is 0 Å². The first-order valence-corrected chi connectivity index (χ1v) is 7.22. The van der Waals surface area contributed by atoms with Crippen molar-refractivity contribution in [2.24, 2.45) is 5.10 Å². The summed E-state index contributed by atoms with van der Waals surface area (Å²) in [5.74, 6) is -0.293. The fourth-order valence-corrected chi connectivity index (χ4v) is 2.13. The molecular weight excluding hydrogens is 282 g/mol. The van der Waals surface area contributed by atoms with E-state index in [1.54, 1.807) is 6.07 Å². The number of nitrogens with one attached hydrogen (secondary N) is 1. The standard InChI is InChI=1S/C12H17N3O4S/c1-15(2,3)9-12(16)14-13-8-10-6-4-5-7-11(10)20(17,18)19/h4-8H,9H2,1-3H3,(H-,14,16,17,18,19)/p+1/b13-8+. The molecule has 0 atom stereocenters. The summed E-state index contributed by atoms with van der Waals surface area (Å²) in [6.07, 6.45) is 1.18. The number of amides is 1. The molecule has 0 saturated heterocycles. The Balaban J connectivity index is 2.80. The molecule has 0 aliphatic rings. The molecule has 0 saturated carbocycles. The summed E-state index contributed by atoms with van der Waals surface area (Å²) < 4.78 is 31.8. The highest BCUT2D eigenvalue weighted by Crippen LogP contribution is 2.12. The van der Waals surface area contributed by atoms with Crippen molar-refractivity contribution in [3.05, 3.63) is 29.8 Å². The molecule has 0 bridgehead atoms. The molecule has 1 aromatic rings. The van der Waals surface area contributed by atoms with Gasteiger partial charge >= 0.3 is 0 Å². The molecule has 0 unspecified atom stereocenters. The Morgan fingerprint density at radius 1 is 1.35 bits per heavy atom. The molecule has 1 rings (SSSR count). The zero-order valence-corrected chi connectivity index (χ0v) is 12.4. The van der Waals surface area contributed by atoms with Gasteiger partial charge in [0.05, 0.1) is 27.4 Å². The van der Waals surface area contributed by atoms with Gasteiger partial charge in [0.1, 0.15) is 4.90 Å². The van der Waals surface area contributed by atoms with Crippen molar-refractivity contribution in [1.29, 1.82) is 0 Å². The molecule has 8 heteroatoms. The monoisotopic (exact) mass is 300 g/mol. The summed E-state index contributed by atoms with van der Waals surface area (Å²) in [5, 5.41) is 3.69. The van der Waals surface area contributed by atoms with Gasteiger partial charge in [0.25, 0.3) is 16.0 Å². The van der Waals surface area contributed by atoms with Crippen molar-refractivity contribution in [3.8, 4) is 0 Å². The van der Waals surface area contributed by atoms with E-state index in [2.05, 4.69) is 10.5 Å². The van der Waals surface area contributed by atoms with Crippen LogP contribution < -0.4 is 5.43 Å². The molecule has 7 nitrogen and oxygen atoms in total. The number of quaternary nitrogens is 1. The van der Waals surface area contributed by atoms with Crippen LogP contribution in [0.5, 0.6) is 0 Å². The third-order valence-corrected chi connectivity index (χ3v) is 3.14. The molecule has 20 heavy (non-hydrogen) atoms. The van der Waals surface area contributed by atoms with E-state index in [1.807, 2.05) is 21.1 Å². The minimum atomic E-state index is -4.32. The SMILES string of the molecule is C[N+](C)(C)CC(=O)N/N=C/c1ccccc1S(=O)(=O)O. The Morgan fingerprint density at radius 2 is 1.95 bits per heavy atom. The number of hydrogen-bond acceptors (Lipinski definition) is 4. The highest BCUT2D eigenvalue weighted by molar-refractivity contribution is 7.86. The highest BCUT2D eigenvalue weighted by atomic mass is 32.2. The lowest BCUT2D eigenvalue weighted by Crippen LogP contribution is -2.43. The average Bonchev–Trinajstić information content (AvgIpc) is 2.25. The van der Waals surface area contributed by atoms with Crippen LogP contribution in [0.1, 0.15) is 5.56 Å². The molecule has 0 fully saturated rings. The summed E-state index contributed by atoms with van der Waals surface area (Å²) >= 11 is 0. The Morgan fingerprint density at radius 3 is 2.50 bits per heavy atom. The molecule has 1 amide bonds. The van der Waals surface area contributed by atoms with Crippen LogP contribution in [-0.4, -0.2) is 57.3 Å². The number of hydrogen-bond donors (Lipinski definition) is 2. The second-order valence-corrected chi connectivity index (χ2v) is 6.64. The van der Waals surface area contributed by atoms with Crippen molar-refractivity contribution in [3.63, 3.8) is 0 Å². The van der Waals surface area contributed by atoms with Gasteiger partial charge in [0.2, 0.25) is 0 Å². The molecule has 0 spiro atoms. The first-order valence-electron chi connectivity index (χ1n) is 5.78. The predicted molar refractivity (Wildman–Crippen MR) is 74.9 cm³/mol. The number of hydrazone groups is 1. The van der Waals surface area contributed by atoms with Gasteiger partial charge in [0.15, 0.2) is 6.54 Å². The van der Waals surface area contributed by atoms with Crippen LogP contribution >= 0.6 is 0 Å². The third-order valence-electron chi connectivity index (χ3n) is 2.21. The van der Waals surface area contributed by atoms with Gasteiger partial charge in [-0.2, -0.15) is 13.5 Å². The zero-order chi connectivity index (χ0) is 15.4. The molecule has 2 N–H and O–H groups in total. The van der Waals surface area contributed by atoms with Crippen molar-refractivity contribution >= 4 is 22.2 Å². The molecule has 0 aliphatic heterocycles. The van der Waals surface area contributed by atoms with Crippen molar-refractivity contribution in [2.45, 2.75) is 4.90 Å². The van der Waals surface area contributed by atoms with Gasteiger partial charge in [-0.25, -0.2) is 5.43 Å². The maximum absolute atomic E-state index is 11.5. The number of carbonyl (C=O) groups excluding carboxylic acids is 1. The van der Waals surface area contributed by atoms with E-state index < -0.39 is 10.1 Å². The summed E-state index contributed by atoms with van der Waals surface area (Å²) in [4.78, 5) is 11.3. The summed E-state index contributed by atoms with van der Waals surface area (Å²) in [5.41, 5.74) is 2.50. The van der Waals surface area contributed by atoms with Crippen LogP contribution in [0.25, 0.3) is 0 Å². The Bertz CT molecular complexity index is 618. The van der Waals surface area contributed by atoms with E-state index in [1.165, 1.54) is 24.4 Å². The summed E-state index contributed by atoms with van der Waals surface area (Å²) in [7, 11) is 1.25. The normalized spacial score (nSPS) is 12.6. The number of benzene rings is 1. The maximum atomic E-state index is 11.5. The first kappa shape index (κ1) is 16.3. The van der Waals surface area contributed by atoms with E-state index in [9.17, 15) is 13.2 Å². The van der Waals surface area contributed by atoms with Crippen molar-refractivity contribution in [2.75, 3.05) is 27.7 Å². The molecule has 110 valence electrons. The number of carbonyl (C=O) groups is 1. The Hall–Kier alpha value is -1.77. The smallest absolute Gasteiger partial charge is 0.295 e.